The highest BCUT2D eigenvalue weighted by Gasteiger charge is 2.30. The van der Waals surface area contributed by atoms with Crippen LogP contribution in [-0.2, 0) is 0 Å². The fourth-order valence-electron chi connectivity index (χ4n) is 2.38. The van der Waals surface area contributed by atoms with Crippen LogP contribution < -0.4 is 10.1 Å². The molecule has 0 aliphatic heterocycles. The Morgan fingerprint density at radius 1 is 1.00 bits per heavy atom. The number of carbonyl (C=O) groups excluding carboxylic acids is 1. The molecule has 0 unspecified atom stereocenters. The number of nitrogens with zero attached hydrogens (tertiary/aromatic N) is 1. The lowest BCUT2D eigenvalue weighted by molar-refractivity contribution is 0.101. The van der Waals surface area contributed by atoms with E-state index in [0.29, 0.717) is 10.9 Å². The summed E-state index contributed by atoms with van der Waals surface area (Å²) in [5.41, 5.74) is -0.893. The van der Waals surface area contributed by atoms with Gasteiger partial charge >= 0.3 is 0 Å². The average molecular weight is 350 g/mol. The van der Waals surface area contributed by atoms with Crippen LogP contribution in [0.3, 0.4) is 0 Å². The maximum Gasteiger partial charge on any atom is 0.261 e. The molecule has 0 bridgehead atoms. The van der Waals surface area contributed by atoms with Crippen LogP contribution in [0, 0.1) is 23.3 Å². The number of rotatable bonds is 3. The lowest BCUT2D eigenvalue weighted by Gasteiger charge is -2.12. The summed E-state index contributed by atoms with van der Waals surface area (Å²) in [5.74, 6) is -9.86. The number of carbonyl (C=O) groups is 1. The second-order valence-electron chi connectivity index (χ2n) is 5.00. The summed E-state index contributed by atoms with van der Waals surface area (Å²) in [7, 11) is 0.849. The number of fused-ring (bicyclic) bond motifs is 1. The van der Waals surface area contributed by atoms with E-state index >= 15 is 0 Å². The lowest BCUT2D eigenvalue weighted by atomic mass is 10.1. The highest BCUT2D eigenvalue weighted by molar-refractivity contribution is 6.08. The third kappa shape index (κ3) is 2.75. The third-order valence-electron chi connectivity index (χ3n) is 3.54. The van der Waals surface area contributed by atoms with Gasteiger partial charge in [-0.15, -0.1) is 0 Å². The second-order valence-corrected chi connectivity index (χ2v) is 5.00. The van der Waals surface area contributed by atoms with Gasteiger partial charge in [0.25, 0.3) is 5.91 Å². The maximum absolute atomic E-state index is 14.0. The van der Waals surface area contributed by atoms with Crippen LogP contribution in [-0.4, -0.2) is 18.0 Å². The number of aromatic nitrogens is 1. The fraction of sp³-hybridized carbons (Fsp3) is 0.0588. The molecule has 1 aromatic heterocycles. The minimum atomic E-state index is -1.85. The number of pyridine rings is 1. The Morgan fingerprint density at radius 3 is 2.28 bits per heavy atom. The van der Waals surface area contributed by atoms with Crippen molar-refractivity contribution >= 4 is 22.5 Å². The Kier molecular flexibility index (Phi) is 4.26. The number of hydrogen-bond donors (Lipinski definition) is 1. The summed E-state index contributed by atoms with van der Waals surface area (Å²) in [4.78, 5) is 16.3. The highest BCUT2D eigenvalue weighted by Crippen LogP contribution is 2.30. The van der Waals surface area contributed by atoms with E-state index < -0.39 is 40.5 Å². The summed E-state index contributed by atoms with van der Waals surface area (Å²) in [6.07, 6.45) is 1.46. The highest BCUT2D eigenvalue weighted by atomic mass is 19.2. The van der Waals surface area contributed by atoms with Crippen molar-refractivity contribution in [1.82, 2.24) is 4.98 Å². The molecular weight excluding hydrogens is 340 g/mol. The Hall–Kier alpha value is -3.16. The van der Waals surface area contributed by atoms with Gasteiger partial charge in [0.15, 0.2) is 17.4 Å². The number of methoxy groups -OCH3 is 1. The first-order chi connectivity index (χ1) is 12.0. The molecule has 4 nitrogen and oxygen atoms in total. The van der Waals surface area contributed by atoms with E-state index in [-0.39, 0.29) is 5.69 Å². The number of amides is 1. The van der Waals surface area contributed by atoms with Gasteiger partial charge in [-0.1, -0.05) is 18.2 Å². The Labute approximate surface area is 139 Å². The van der Waals surface area contributed by atoms with Gasteiger partial charge in [0, 0.05) is 11.6 Å². The normalized spacial score (nSPS) is 10.8. The zero-order valence-corrected chi connectivity index (χ0v) is 12.7. The molecule has 2 aromatic carbocycles. The minimum Gasteiger partial charge on any atom is -0.491 e. The molecule has 0 saturated carbocycles. The monoisotopic (exact) mass is 350 g/mol. The van der Waals surface area contributed by atoms with E-state index in [1.165, 1.54) is 12.3 Å². The van der Waals surface area contributed by atoms with Gasteiger partial charge < -0.3 is 10.1 Å². The lowest BCUT2D eigenvalue weighted by Crippen LogP contribution is -2.19. The van der Waals surface area contributed by atoms with Crippen molar-refractivity contribution in [3.8, 4) is 5.75 Å². The molecule has 0 fully saturated rings. The molecule has 25 heavy (non-hydrogen) atoms. The smallest absolute Gasteiger partial charge is 0.261 e. The van der Waals surface area contributed by atoms with E-state index in [9.17, 15) is 22.4 Å². The van der Waals surface area contributed by atoms with Crippen molar-refractivity contribution in [1.29, 1.82) is 0 Å². The average Bonchev–Trinajstić information content (AvgIpc) is 2.61. The number of nitrogens with one attached hydrogen (secondary N) is 1. The van der Waals surface area contributed by atoms with Crippen LogP contribution in [0.15, 0.2) is 36.5 Å². The van der Waals surface area contributed by atoms with Crippen LogP contribution >= 0.6 is 0 Å². The number of ether oxygens (including phenoxy) is 1. The summed E-state index contributed by atoms with van der Waals surface area (Å²) in [6.45, 7) is 0. The summed E-state index contributed by atoms with van der Waals surface area (Å²) < 4.78 is 59.8. The number of anilines is 1. The molecule has 0 atom stereocenters. The number of hydrogen-bond acceptors (Lipinski definition) is 3. The first-order valence-corrected chi connectivity index (χ1v) is 7.00. The van der Waals surface area contributed by atoms with Gasteiger partial charge in [0.2, 0.25) is 11.6 Å². The quantitative estimate of drug-likeness (QED) is 0.573. The van der Waals surface area contributed by atoms with Gasteiger partial charge in [-0.3, -0.25) is 9.78 Å². The van der Waals surface area contributed by atoms with Crippen LogP contribution in [0.25, 0.3) is 10.9 Å². The third-order valence-corrected chi connectivity index (χ3v) is 3.54. The first kappa shape index (κ1) is 16.7. The molecule has 3 rings (SSSR count). The number of benzene rings is 2. The number of para-hydroxylation sites is 1. The summed E-state index contributed by atoms with van der Waals surface area (Å²) in [6, 6.07) is 8.13. The van der Waals surface area contributed by atoms with Crippen molar-refractivity contribution in [2.24, 2.45) is 0 Å². The molecule has 8 heteroatoms. The largest absolute Gasteiger partial charge is 0.491 e. The van der Waals surface area contributed by atoms with Crippen molar-refractivity contribution in [3.05, 3.63) is 65.4 Å². The molecule has 0 aliphatic carbocycles. The van der Waals surface area contributed by atoms with E-state index in [4.69, 9.17) is 0 Å². The molecule has 1 amide bonds. The van der Waals surface area contributed by atoms with Crippen LogP contribution in [0.4, 0.5) is 23.2 Å². The van der Waals surface area contributed by atoms with Gasteiger partial charge in [0.1, 0.15) is 5.56 Å². The van der Waals surface area contributed by atoms with Crippen molar-refractivity contribution in [2.45, 2.75) is 0 Å². The molecule has 128 valence electrons. The Bertz CT molecular complexity index is 958. The minimum absolute atomic E-state index is 0.138. The molecule has 1 N–H and O–H groups in total. The van der Waals surface area contributed by atoms with E-state index in [2.05, 4.69) is 15.0 Å². The zero-order chi connectivity index (χ0) is 18.1. The van der Waals surface area contributed by atoms with Gasteiger partial charge in [-0.05, 0) is 12.1 Å². The van der Waals surface area contributed by atoms with Gasteiger partial charge in [-0.2, -0.15) is 8.78 Å². The number of halogens is 4. The predicted molar refractivity (Wildman–Crippen MR) is 82.5 cm³/mol. The van der Waals surface area contributed by atoms with Crippen molar-refractivity contribution < 1.29 is 27.1 Å². The molecule has 0 aliphatic rings. The van der Waals surface area contributed by atoms with Crippen LogP contribution in [0.1, 0.15) is 10.4 Å². The van der Waals surface area contributed by atoms with E-state index in [1.807, 2.05) is 0 Å². The Morgan fingerprint density at radius 2 is 1.64 bits per heavy atom. The molecule has 0 radical (unpaired) electrons. The Balaban J connectivity index is 2.08. The summed E-state index contributed by atoms with van der Waals surface area (Å²) >= 11 is 0. The molecular formula is C17H10F4N2O2. The van der Waals surface area contributed by atoms with Gasteiger partial charge in [0.05, 0.1) is 18.3 Å². The second kappa shape index (κ2) is 6.39. The summed E-state index contributed by atoms with van der Waals surface area (Å²) in [5, 5.41) is 2.88. The van der Waals surface area contributed by atoms with E-state index in [0.717, 1.165) is 7.11 Å². The van der Waals surface area contributed by atoms with Crippen molar-refractivity contribution in [2.75, 3.05) is 12.4 Å². The van der Waals surface area contributed by atoms with Crippen LogP contribution in [0.2, 0.25) is 0 Å². The zero-order valence-electron chi connectivity index (χ0n) is 12.7. The van der Waals surface area contributed by atoms with Crippen molar-refractivity contribution in [3.63, 3.8) is 0 Å². The SMILES string of the molecule is COc1c(F)c(F)c(C(=O)Nc2cccc3cccnc23)c(F)c1F. The first-order valence-electron chi connectivity index (χ1n) is 7.00. The molecule has 1 heterocycles. The van der Waals surface area contributed by atoms with E-state index in [1.54, 1.807) is 24.3 Å². The maximum atomic E-state index is 14.0. The standard InChI is InChI=1S/C17H10F4N2O2/c1-25-16-13(20)11(18)10(12(19)14(16)21)17(24)23-9-6-2-4-8-5-3-7-22-15(8)9/h2-7H,1H3,(H,23,24). The van der Waals surface area contributed by atoms with Gasteiger partial charge in [-0.25, -0.2) is 8.78 Å². The molecule has 0 spiro atoms. The fourth-order valence-corrected chi connectivity index (χ4v) is 2.38. The predicted octanol–water partition coefficient (Wildman–Crippen LogP) is 4.05. The van der Waals surface area contributed by atoms with Crippen LogP contribution in [0.5, 0.6) is 5.75 Å². The molecule has 3 aromatic rings. The topological polar surface area (TPSA) is 51.2 Å². The molecule has 0 saturated heterocycles.